The molecule has 5 heteroatoms. The number of carbonyl (C=O) groups is 2. The Hall–Kier alpha value is -1.91. The van der Waals surface area contributed by atoms with Gasteiger partial charge in [0.1, 0.15) is 5.54 Å². The van der Waals surface area contributed by atoms with Gasteiger partial charge in [0, 0.05) is 18.8 Å². The smallest absolute Gasteiger partial charge is 0.329 e. The second kappa shape index (κ2) is 6.70. The number of hydrogen-bond acceptors (Lipinski definition) is 3. The Morgan fingerprint density at radius 3 is 2.52 bits per heavy atom. The highest BCUT2D eigenvalue weighted by Crippen LogP contribution is 2.32. The van der Waals surface area contributed by atoms with Crippen molar-refractivity contribution >= 4 is 11.9 Å². The summed E-state index contributed by atoms with van der Waals surface area (Å²) < 4.78 is 0. The van der Waals surface area contributed by atoms with Crippen LogP contribution in [0.2, 0.25) is 0 Å². The van der Waals surface area contributed by atoms with Crippen LogP contribution in [0.3, 0.4) is 0 Å². The van der Waals surface area contributed by atoms with Crippen molar-refractivity contribution in [3.63, 3.8) is 0 Å². The summed E-state index contributed by atoms with van der Waals surface area (Å²) in [6, 6.07) is 3.73. The van der Waals surface area contributed by atoms with Gasteiger partial charge >= 0.3 is 5.97 Å². The van der Waals surface area contributed by atoms with Gasteiger partial charge in [-0.2, -0.15) is 0 Å². The molecule has 0 radical (unpaired) electrons. The number of hydrogen-bond donors (Lipinski definition) is 2. The van der Waals surface area contributed by atoms with E-state index >= 15 is 0 Å². The van der Waals surface area contributed by atoms with Crippen LogP contribution in [0, 0.1) is 5.92 Å². The highest BCUT2D eigenvalue weighted by Gasteiger charge is 2.42. The van der Waals surface area contributed by atoms with Crippen LogP contribution in [0.1, 0.15) is 44.6 Å². The van der Waals surface area contributed by atoms with Crippen LogP contribution in [-0.4, -0.2) is 27.5 Å². The zero-order valence-corrected chi connectivity index (χ0v) is 12.3. The summed E-state index contributed by atoms with van der Waals surface area (Å²) >= 11 is 0. The number of nitrogens with zero attached hydrogens (tertiary/aromatic N) is 1. The third-order valence-electron chi connectivity index (χ3n) is 4.31. The van der Waals surface area contributed by atoms with E-state index in [1.165, 1.54) is 0 Å². The van der Waals surface area contributed by atoms with Crippen LogP contribution in [0.15, 0.2) is 24.5 Å². The van der Waals surface area contributed by atoms with E-state index < -0.39 is 11.5 Å². The van der Waals surface area contributed by atoms with Crippen molar-refractivity contribution in [2.75, 3.05) is 0 Å². The Morgan fingerprint density at radius 2 is 1.95 bits per heavy atom. The average molecular weight is 290 g/mol. The fraction of sp³-hybridized carbons (Fsp3) is 0.562. The Balaban J connectivity index is 1.91. The molecule has 1 amide bonds. The number of aryl methyl sites for hydroxylation is 1. The lowest BCUT2D eigenvalue weighted by atomic mass is 9.77. The van der Waals surface area contributed by atoms with Crippen molar-refractivity contribution in [3.8, 4) is 0 Å². The normalized spacial score (nSPS) is 25.3. The molecule has 0 spiro atoms. The van der Waals surface area contributed by atoms with Crippen LogP contribution in [0.4, 0.5) is 0 Å². The minimum absolute atomic E-state index is 0.191. The molecule has 1 aliphatic carbocycles. The third-order valence-corrected chi connectivity index (χ3v) is 4.31. The van der Waals surface area contributed by atoms with Crippen molar-refractivity contribution in [3.05, 3.63) is 30.1 Å². The van der Waals surface area contributed by atoms with Crippen LogP contribution in [0.25, 0.3) is 0 Å². The van der Waals surface area contributed by atoms with E-state index in [4.69, 9.17) is 0 Å². The molecule has 0 saturated heterocycles. The number of rotatable bonds is 5. The first-order chi connectivity index (χ1) is 10.0. The first-order valence-electron chi connectivity index (χ1n) is 7.45. The SMILES string of the molecule is CC1CCC(NC(=O)CCc2ccncc2)(C(=O)O)CC1. The molecule has 1 aromatic rings. The van der Waals surface area contributed by atoms with E-state index in [9.17, 15) is 14.7 Å². The zero-order valence-electron chi connectivity index (χ0n) is 12.3. The first-order valence-corrected chi connectivity index (χ1v) is 7.45. The summed E-state index contributed by atoms with van der Waals surface area (Å²) in [4.78, 5) is 27.6. The van der Waals surface area contributed by atoms with Crippen molar-refractivity contribution < 1.29 is 14.7 Å². The summed E-state index contributed by atoms with van der Waals surface area (Å²) in [6.45, 7) is 2.12. The lowest BCUT2D eigenvalue weighted by Crippen LogP contribution is -2.56. The number of carbonyl (C=O) groups excluding carboxylic acids is 1. The zero-order chi connectivity index (χ0) is 15.3. The molecule has 21 heavy (non-hydrogen) atoms. The summed E-state index contributed by atoms with van der Waals surface area (Å²) in [6.07, 6.45) is 7.00. The molecule has 2 rings (SSSR count). The third kappa shape index (κ3) is 4.03. The summed E-state index contributed by atoms with van der Waals surface area (Å²) in [5.41, 5.74) is -0.0382. The molecule has 1 aliphatic rings. The van der Waals surface area contributed by atoms with Gasteiger partial charge in [0.15, 0.2) is 0 Å². The van der Waals surface area contributed by atoms with E-state index in [1.54, 1.807) is 12.4 Å². The summed E-state index contributed by atoms with van der Waals surface area (Å²) in [5, 5.41) is 12.3. The van der Waals surface area contributed by atoms with Gasteiger partial charge in [-0.15, -0.1) is 0 Å². The second-order valence-corrected chi connectivity index (χ2v) is 5.97. The van der Waals surface area contributed by atoms with E-state index in [0.717, 1.165) is 18.4 Å². The summed E-state index contributed by atoms with van der Waals surface area (Å²) in [7, 11) is 0. The van der Waals surface area contributed by atoms with Gasteiger partial charge in [0.25, 0.3) is 0 Å². The van der Waals surface area contributed by atoms with Gasteiger partial charge in [-0.1, -0.05) is 6.92 Å². The van der Waals surface area contributed by atoms with E-state index in [0.29, 0.717) is 31.6 Å². The van der Waals surface area contributed by atoms with Crippen molar-refractivity contribution in [1.82, 2.24) is 10.3 Å². The molecule has 0 bridgehead atoms. The number of aliphatic carboxylic acids is 1. The lowest BCUT2D eigenvalue weighted by Gasteiger charge is -2.36. The maximum absolute atomic E-state index is 12.1. The second-order valence-electron chi connectivity index (χ2n) is 5.97. The fourth-order valence-electron chi connectivity index (χ4n) is 2.78. The number of carboxylic acids is 1. The van der Waals surface area contributed by atoms with Gasteiger partial charge in [-0.3, -0.25) is 9.78 Å². The first kappa shape index (κ1) is 15.5. The summed E-state index contributed by atoms with van der Waals surface area (Å²) in [5.74, 6) is -0.568. The molecule has 0 unspecified atom stereocenters. The molecule has 2 N–H and O–H groups in total. The standard InChI is InChI=1S/C16H22N2O3/c1-12-4-8-16(9-5-12,15(20)21)18-14(19)3-2-13-6-10-17-11-7-13/h6-7,10-12H,2-5,8-9H2,1H3,(H,18,19)(H,20,21). The van der Waals surface area contributed by atoms with E-state index in [2.05, 4.69) is 17.2 Å². The van der Waals surface area contributed by atoms with Crippen molar-refractivity contribution in [2.24, 2.45) is 5.92 Å². The molecular formula is C16H22N2O3. The fourth-order valence-corrected chi connectivity index (χ4v) is 2.78. The maximum Gasteiger partial charge on any atom is 0.329 e. The number of amides is 1. The highest BCUT2D eigenvalue weighted by atomic mass is 16.4. The predicted molar refractivity (Wildman–Crippen MR) is 78.7 cm³/mol. The number of carboxylic acid groups (broad SMARTS) is 1. The van der Waals surface area contributed by atoms with Crippen LogP contribution in [-0.2, 0) is 16.0 Å². The van der Waals surface area contributed by atoms with E-state index in [1.807, 2.05) is 12.1 Å². The molecule has 5 nitrogen and oxygen atoms in total. The predicted octanol–water partition coefficient (Wildman–Crippen LogP) is 2.16. The Kier molecular flexibility index (Phi) is 4.94. The molecule has 1 aromatic heterocycles. The van der Waals surface area contributed by atoms with Crippen LogP contribution < -0.4 is 5.32 Å². The van der Waals surface area contributed by atoms with Crippen molar-refractivity contribution in [2.45, 2.75) is 51.0 Å². The quantitative estimate of drug-likeness (QED) is 0.871. The van der Waals surface area contributed by atoms with Crippen molar-refractivity contribution in [1.29, 1.82) is 0 Å². The van der Waals surface area contributed by atoms with Crippen LogP contribution >= 0.6 is 0 Å². The van der Waals surface area contributed by atoms with Gasteiger partial charge in [-0.05, 0) is 55.7 Å². The Labute approximate surface area is 124 Å². The average Bonchev–Trinajstić information content (AvgIpc) is 2.48. The minimum Gasteiger partial charge on any atom is -0.480 e. The lowest BCUT2D eigenvalue weighted by molar-refractivity contribution is -0.149. The molecule has 0 aromatic carbocycles. The number of aromatic nitrogens is 1. The maximum atomic E-state index is 12.1. The van der Waals surface area contributed by atoms with Gasteiger partial charge in [-0.25, -0.2) is 4.79 Å². The number of nitrogens with one attached hydrogen (secondary N) is 1. The molecular weight excluding hydrogens is 268 g/mol. The van der Waals surface area contributed by atoms with E-state index in [-0.39, 0.29) is 5.91 Å². The molecule has 0 atom stereocenters. The van der Waals surface area contributed by atoms with Gasteiger partial charge < -0.3 is 10.4 Å². The Bertz CT molecular complexity index is 494. The molecule has 1 saturated carbocycles. The molecule has 1 fully saturated rings. The Morgan fingerprint density at radius 1 is 1.33 bits per heavy atom. The van der Waals surface area contributed by atoms with Gasteiger partial charge in [0.2, 0.25) is 5.91 Å². The minimum atomic E-state index is -1.07. The monoisotopic (exact) mass is 290 g/mol. The molecule has 114 valence electrons. The van der Waals surface area contributed by atoms with Gasteiger partial charge in [0.05, 0.1) is 0 Å². The largest absolute Gasteiger partial charge is 0.480 e. The van der Waals surface area contributed by atoms with Crippen LogP contribution in [0.5, 0.6) is 0 Å². The number of pyridine rings is 1. The molecule has 1 heterocycles. The highest BCUT2D eigenvalue weighted by molar-refractivity contribution is 5.87. The molecule has 0 aliphatic heterocycles. The topological polar surface area (TPSA) is 79.3 Å².